The maximum absolute atomic E-state index is 13.1. The first kappa shape index (κ1) is 14.0. The summed E-state index contributed by atoms with van der Waals surface area (Å²) in [6.07, 6.45) is 0.202. The second kappa shape index (κ2) is 4.96. The minimum atomic E-state index is -3.72. The quantitative estimate of drug-likeness (QED) is 0.784. The molecule has 1 aromatic heterocycles. The fraction of sp³-hybridized carbons (Fsp3) is 0.118. The van der Waals surface area contributed by atoms with E-state index in [1.807, 2.05) is 12.1 Å². The topological polar surface area (TPSA) is 68.2 Å². The first-order chi connectivity index (χ1) is 11.1. The van der Waals surface area contributed by atoms with E-state index >= 15 is 0 Å². The van der Waals surface area contributed by atoms with Gasteiger partial charge in [-0.1, -0.05) is 36.4 Å². The van der Waals surface area contributed by atoms with Gasteiger partial charge in [-0.3, -0.25) is 4.79 Å². The smallest absolute Gasteiger partial charge is 0.268 e. The van der Waals surface area contributed by atoms with Gasteiger partial charge in [-0.05, 0) is 23.8 Å². The van der Waals surface area contributed by atoms with Crippen LogP contribution in [0, 0.1) is 0 Å². The minimum absolute atomic E-state index is 0.0856. The summed E-state index contributed by atoms with van der Waals surface area (Å²) in [5.74, 6) is -0.0856. The standard InChI is InChI=1S/C17H14N2O3S/c20-17-10-14-13-8-4-5-9-15(13)19(16(14)11-18-17)23(21,22)12-6-2-1-3-7-12/h1-9H,10-11H2,(H,18,20). The number of nitrogens with one attached hydrogen (secondary N) is 1. The maximum Gasteiger partial charge on any atom is 0.268 e. The van der Waals surface area contributed by atoms with Crippen LogP contribution in [0.2, 0.25) is 0 Å². The highest BCUT2D eigenvalue weighted by Crippen LogP contribution is 2.32. The van der Waals surface area contributed by atoms with E-state index < -0.39 is 10.0 Å². The molecular formula is C17H14N2O3S. The number of carbonyl (C=O) groups is 1. The number of aromatic nitrogens is 1. The molecule has 2 heterocycles. The fourth-order valence-corrected chi connectivity index (χ4v) is 4.68. The van der Waals surface area contributed by atoms with Gasteiger partial charge < -0.3 is 5.32 Å². The van der Waals surface area contributed by atoms with Gasteiger partial charge in [0.05, 0.1) is 29.1 Å². The number of benzene rings is 2. The molecule has 4 rings (SSSR count). The average molecular weight is 326 g/mol. The molecule has 0 bridgehead atoms. The third-order valence-corrected chi connectivity index (χ3v) is 5.88. The van der Waals surface area contributed by atoms with E-state index in [4.69, 9.17) is 0 Å². The summed E-state index contributed by atoms with van der Waals surface area (Å²) in [6.45, 7) is 0.217. The Morgan fingerprint density at radius 3 is 2.43 bits per heavy atom. The Labute approximate surface area is 133 Å². The lowest BCUT2D eigenvalue weighted by atomic mass is 10.0. The van der Waals surface area contributed by atoms with Crippen molar-refractivity contribution < 1.29 is 13.2 Å². The van der Waals surface area contributed by atoms with Crippen molar-refractivity contribution >= 4 is 26.8 Å². The monoisotopic (exact) mass is 326 g/mol. The third kappa shape index (κ3) is 2.06. The molecule has 0 aliphatic carbocycles. The minimum Gasteiger partial charge on any atom is -0.350 e. The number of carbonyl (C=O) groups excluding carboxylic acids is 1. The first-order valence-corrected chi connectivity index (χ1v) is 8.71. The van der Waals surface area contributed by atoms with Crippen LogP contribution in [0.1, 0.15) is 11.3 Å². The number of para-hydroxylation sites is 1. The molecule has 0 saturated carbocycles. The van der Waals surface area contributed by atoms with Gasteiger partial charge in [0.15, 0.2) is 0 Å². The molecule has 0 unspecified atom stereocenters. The summed E-state index contributed by atoms with van der Waals surface area (Å²) in [7, 11) is -3.72. The predicted octanol–water partition coefficient (Wildman–Crippen LogP) is 2.05. The molecule has 0 fully saturated rings. The number of fused-ring (bicyclic) bond motifs is 3. The van der Waals surface area contributed by atoms with Gasteiger partial charge in [-0.15, -0.1) is 0 Å². The van der Waals surface area contributed by atoms with Gasteiger partial charge in [0.25, 0.3) is 10.0 Å². The molecule has 6 heteroatoms. The Morgan fingerprint density at radius 1 is 0.957 bits per heavy atom. The summed E-state index contributed by atoms with van der Waals surface area (Å²) in [6, 6.07) is 15.6. The highest BCUT2D eigenvalue weighted by Gasteiger charge is 2.29. The Balaban J connectivity index is 2.07. The van der Waals surface area contributed by atoms with Crippen LogP contribution in [-0.4, -0.2) is 18.3 Å². The lowest BCUT2D eigenvalue weighted by Crippen LogP contribution is -2.32. The van der Waals surface area contributed by atoms with E-state index in [0.29, 0.717) is 11.2 Å². The summed E-state index contributed by atoms with van der Waals surface area (Å²) < 4.78 is 27.6. The second-order valence-corrected chi connectivity index (χ2v) is 7.27. The Kier molecular flexibility index (Phi) is 3.02. The van der Waals surface area contributed by atoms with E-state index in [1.54, 1.807) is 42.5 Å². The van der Waals surface area contributed by atoms with E-state index in [9.17, 15) is 13.2 Å². The molecule has 0 spiro atoms. The zero-order chi connectivity index (χ0) is 16.0. The fourth-order valence-electron chi connectivity index (χ4n) is 3.08. The maximum atomic E-state index is 13.1. The molecular weight excluding hydrogens is 312 g/mol. The zero-order valence-electron chi connectivity index (χ0n) is 12.2. The van der Waals surface area contributed by atoms with Crippen molar-refractivity contribution in [1.29, 1.82) is 0 Å². The molecule has 1 aliphatic rings. The second-order valence-electron chi connectivity index (χ2n) is 5.48. The summed E-state index contributed by atoms with van der Waals surface area (Å²) in [5, 5.41) is 3.56. The first-order valence-electron chi connectivity index (χ1n) is 7.27. The van der Waals surface area contributed by atoms with E-state index in [-0.39, 0.29) is 23.8 Å². The molecule has 1 aliphatic heterocycles. The summed E-state index contributed by atoms with van der Waals surface area (Å²) in [4.78, 5) is 12.0. The van der Waals surface area contributed by atoms with Crippen LogP contribution in [0.25, 0.3) is 10.9 Å². The molecule has 3 aromatic rings. The molecule has 1 amide bonds. The lowest BCUT2D eigenvalue weighted by Gasteiger charge is -2.17. The largest absolute Gasteiger partial charge is 0.350 e. The van der Waals surface area contributed by atoms with Crippen LogP contribution >= 0.6 is 0 Å². The summed E-state index contributed by atoms with van der Waals surface area (Å²) in [5.41, 5.74) is 2.04. The molecule has 116 valence electrons. The van der Waals surface area contributed by atoms with Crippen molar-refractivity contribution in [2.45, 2.75) is 17.9 Å². The number of hydrogen-bond acceptors (Lipinski definition) is 3. The molecule has 0 radical (unpaired) electrons. The van der Waals surface area contributed by atoms with Crippen LogP contribution in [0.3, 0.4) is 0 Å². The van der Waals surface area contributed by atoms with Gasteiger partial charge >= 0.3 is 0 Å². The average Bonchev–Trinajstić information content (AvgIpc) is 2.90. The normalized spacial score (nSPS) is 14.5. The molecule has 23 heavy (non-hydrogen) atoms. The van der Waals surface area contributed by atoms with Crippen LogP contribution in [0.4, 0.5) is 0 Å². The van der Waals surface area contributed by atoms with E-state index in [2.05, 4.69) is 5.32 Å². The van der Waals surface area contributed by atoms with Gasteiger partial charge in [-0.2, -0.15) is 0 Å². The number of rotatable bonds is 2. The lowest BCUT2D eigenvalue weighted by molar-refractivity contribution is -0.121. The molecule has 2 aromatic carbocycles. The highest BCUT2D eigenvalue weighted by atomic mass is 32.2. The summed E-state index contributed by atoms with van der Waals surface area (Å²) >= 11 is 0. The molecule has 0 atom stereocenters. The SMILES string of the molecule is O=C1Cc2c(n(S(=O)(=O)c3ccccc3)c3ccccc23)CN1. The van der Waals surface area contributed by atoms with Crippen LogP contribution < -0.4 is 5.32 Å². The number of nitrogens with zero attached hydrogens (tertiary/aromatic N) is 1. The van der Waals surface area contributed by atoms with Gasteiger partial charge in [0.2, 0.25) is 5.91 Å². The van der Waals surface area contributed by atoms with Crippen molar-refractivity contribution in [2.24, 2.45) is 0 Å². The van der Waals surface area contributed by atoms with E-state index in [1.165, 1.54) is 3.97 Å². The van der Waals surface area contributed by atoms with Gasteiger partial charge in [-0.25, -0.2) is 12.4 Å². The highest BCUT2D eigenvalue weighted by molar-refractivity contribution is 7.90. The van der Waals surface area contributed by atoms with Crippen molar-refractivity contribution in [2.75, 3.05) is 0 Å². The predicted molar refractivity (Wildman–Crippen MR) is 86.5 cm³/mol. The van der Waals surface area contributed by atoms with Crippen LogP contribution in [0.5, 0.6) is 0 Å². The Morgan fingerprint density at radius 2 is 1.65 bits per heavy atom. The van der Waals surface area contributed by atoms with Gasteiger partial charge in [0.1, 0.15) is 0 Å². The molecule has 1 N–H and O–H groups in total. The van der Waals surface area contributed by atoms with Crippen molar-refractivity contribution in [1.82, 2.24) is 9.29 Å². The van der Waals surface area contributed by atoms with E-state index in [0.717, 1.165) is 10.9 Å². The number of hydrogen-bond donors (Lipinski definition) is 1. The van der Waals surface area contributed by atoms with Crippen molar-refractivity contribution in [3.05, 3.63) is 65.9 Å². The van der Waals surface area contributed by atoms with Crippen molar-refractivity contribution in [3.8, 4) is 0 Å². The molecule has 5 nitrogen and oxygen atoms in total. The Bertz CT molecular complexity index is 1020. The Hall–Kier alpha value is -2.60. The third-order valence-electron chi connectivity index (χ3n) is 4.11. The van der Waals surface area contributed by atoms with Gasteiger partial charge in [0, 0.05) is 5.39 Å². The molecule has 0 saturated heterocycles. The number of amides is 1. The van der Waals surface area contributed by atoms with Crippen LogP contribution in [0.15, 0.2) is 59.5 Å². The van der Waals surface area contributed by atoms with Crippen LogP contribution in [-0.2, 0) is 27.8 Å². The zero-order valence-corrected chi connectivity index (χ0v) is 13.0. The van der Waals surface area contributed by atoms with Crippen molar-refractivity contribution in [3.63, 3.8) is 0 Å².